The molecule has 1 aliphatic heterocycles. The molecule has 5 heteroatoms. The lowest BCUT2D eigenvalue weighted by Crippen LogP contribution is -1.98. The molecule has 0 spiro atoms. The van der Waals surface area contributed by atoms with Crippen LogP contribution in [0.25, 0.3) is 6.08 Å². The highest BCUT2D eigenvalue weighted by Crippen LogP contribution is 2.41. The largest absolute Gasteiger partial charge is 0.493 e. The van der Waals surface area contributed by atoms with E-state index in [4.69, 9.17) is 9.47 Å². The second-order valence-electron chi connectivity index (χ2n) is 6.26. The van der Waals surface area contributed by atoms with Crippen molar-refractivity contribution < 1.29 is 14.3 Å². The number of Topliss-reactive ketones (excluding diaryl/α,β-unsaturated/α-hetero) is 1. The Kier molecular flexibility index (Phi) is 5.55. The van der Waals surface area contributed by atoms with E-state index in [0.29, 0.717) is 23.0 Å². The lowest BCUT2D eigenvalue weighted by molar-refractivity contribution is 0.104. The number of rotatable bonds is 5. The van der Waals surface area contributed by atoms with Gasteiger partial charge in [0.2, 0.25) is 5.78 Å². The van der Waals surface area contributed by atoms with E-state index in [9.17, 15) is 4.79 Å². The number of hydrogen-bond acceptors (Lipinski definition) is 4. The molecule has 3 aromatic rings. The van der Waals surface area contributed by atoms with Gasteiger partial charge in [-0.3, -0.25) is 4.79 Å². The van der Waals surface area contributed by atoms with Crippen LogP contribution >= 0.6 is 27.7 Å². The molecule has 0 unspecified atom stereocenters. The molecule has 0 bridgehead atoms. The lowest BCUT2D eigenvalue weighted by Gasteiger charge is -2.11. The maximum absolute atomic E-state index is 12.6. The van der Waals surface area contributed by atoms with E-state index in [0.717, 1.165) is 26.1 Å². The van der Waals surface area contributed by atoms with Crippen molar-refractivity contribution in [1.82, 2.24) is 0 Å². The molecule has 0 atom stereocenters. The van der Waals surface area contributed by atoms with E-state index >= 15 is 0 Å². The van der Waals surface area contributed by atoms with Crippen molar-refractivity contribution in [3.05, 3.63) is 92.8 Å². The molecule has 3 aromatic carbocycles. The number of halogens is 1. The zero-order valence-corrected chi connectivity index (χ0v) is 17.5. The number of methoxy groups -OCH3 is 1. The molecular formula is C23H17BrO3S. The maximum atomic E-state index is 12.6. The third-order valence-corrected chi connectivity index (χ3v) is 6.00. The van der Waals surface area contributed by atoms with Crippen molar-refractivity contribution >= 4 is 39.6 Å². The van der Waals surface area contributed by atoms with E-state index in [1.807, 2.05) is 72.8 Å². The molecule has 0 aliphatic carbocycles. The van der Waals surface area contributed by atoms with Gasteiger partial charge in [0.15, 0.2) is 11.5 Å². The van der Waals surface area contributed by atoms with Gasteiger partial charge < -0.3 is 9.47 Å². The van der Waals surface area contributed by atoms with Crippen molar-refractivity contribution in [3.8, 4) is 11.5 Å². The number of fused-ring (bicyclic) bond motifs is 1. The fourth-order valence-corrected chi connectivity index (χ4v) is 4.24. The highest BCUT2D eigenvalue weighted by atomic mass is 79.9. The van der Waals surface area contributed by atoms with Crippen LogP contribution in [-0.2, 0) is 6.61 Å². The summed E-state index contributed by atoms with van der Waals surface area (Å²) in [5.74, 6) is 1.37. The third-order valence-electron chi connectivity index (χ3n) is 4.37. The molecule has 0 N–H and O–H groups in total. The fourth-order valence-electron chi connectivity index (χ4n) is 2.92. The Morgan fingerprint density at radius 2 is 1.79 bits per heavy atom. The van der Waals surface area contributed by atoms with Crippen molar-refractivity contribution in [2.24, 2.45) is 0 Å². The number of benzene rings is 3. The summed E-state index contributed by atoms with van der Waals surface area (Å²) in [5, 5.41) is 0. The molecule has 0 amide bonds. The van der Waals surface area contributed by atoms with Gasteiger partial charge in [0, 0.05) is 14.9 Å². The number of carbonyl (C=O) groups excluding carboxylic acids is 1. The molecular weight excluding hydrogens is 436 g/mol. The molecule has 0 saturated carbocycles. The van der Waals surface area contributed by atoms with Gasteiger partial charge in [-0.1, -0.05) is 58.0 Å². The van der Waals surface area contributed by atoms with Crippen molar-refractivity contribution in [3.63, 3.8) is 0 Å². The monoisotopic (exact) mass is 452 g/mol. The van der Waals surface area contributed by atoms with Gasteiger partial charge in [-0.05, 0) is 53.6 Å². The molecule has 1 heterocycles. The van der Waals surface area contributed by atoms with Crippen molar-refractivity contribution in [2.45, 2.75) is 11.5 Å². The zero-order chi connectivity index (χ0) is 19.5. The van der Waals surface area contributed by atoms with Crippen LogP contribution in [0.4, 0.5) is 0 Å². The molecule has 0 radical (unpaired) electrons. The summed E-state index contributed by atoms with van der Waals surface area (Å²) in [6.07, 6.45) is 1.90. The first kappa shape index (κ1) is 18.8. The number of allylic oxidation sites excluding steroid dienone is 1. The van der Waals surface area contributed by atoms with Crippen LogP contribution in [0.5, 0.6) is 11.5 Å². The van der Waals surface area contributed by atoms with Crippen molar-refractivity contribution in [1.29, 1.82) is 0 Å². The van der Waals surface area contributed by atoms with E-state index in [2.05, 4.69) is 15.9 Å². The van der Waals surface area contributed by atoms with E-state index in [-0.39, 0.29) is 5.78 Å². The highest BCUT2D eigenvalue weighted by Gasteiger charge is 2.25. The molecule has 0 saturated heterocycles. The molecule has 140 valence electrons. The van der Waals surface area contributed by atoms with Crippen LogP contribution in [0.1, 0.15) is 21.5 Å². The Labute approximate surface area is 176 Å². The molecule has 0 aromatic heterocycles. The first-order valence-corrected chi connectivity index (χ1v) is 10.3. The minimum atomic E-state index is 0.0649. The van der Waals surface area contributed by atoms with Gasteiger partial charge >= 0.3 is 0 Å². The Morgan fingerprint density at radius 1 is 1.00 bits per heavy atom. The number of thioether (sulfide) groups is 1. The molecule has 3 nitrogen and oxygen atoms in total. The Hall–Kier alpha value is -2.50. The quantitative estimate of drug-likeness (QED) is 0.421. The van der Waals surface area contributed by atoms with Crippen molar-refractivity contribution in [2.75, 3.05) is 7.11 Å². The topological polar surface area (TPSA) is 35.5 Å². The van der Waals surface area contributed by atoms with Crippen LogP contribution in [-0.4, -0.2) is 12.9 Å². The van der Waals surface area contributed by atoms with E-state index < -0.39 is 0 Å². The SMILES string of the molecule is COc1cc(/C=C2/Sc3ccccc3C2=O)ccc1OCc1ccc(Br)cc1. The third kappa shape index (κ3) is 4.01. The van der Waals surface area contributed by atoms with Gasteiger partial charge in [0.25, 0.3) is 0 Å². The molecule has 28 heavy (non-hydrogen) atoms. The number of ketones is 1. The Bertz CT molecular complexity index is 1060. The minimum Gasteiger partial charge on any atom is -0.493 e. The molecule has 0 fully saturated rings. The maximum Gasteiger partial charge on any atom is 0.200 e. The first-order valence-electron chi connectivity index (χ1n) is 8.72. The van der Waals surface area contributed by atoms with Gasteiger partial charge in [0.05, 0.1) is 12.0 Å². The van der Waals surface area contributed by atoms with E-state index in [1.54, 1.807) is 7.11 Å². The summed E-state index contributed by atoms with van der Waals surface area (Å²) >= 11 is 4.93. The second kappa shape index (κ2) is 8.25. The average Bonchev–Trinajstić information content (AvgIpc) is 3.04. The predicted molar refractivity (Wildman–Crippen MR) is 116 cm³/mol. The van der Waals surface area contributed by atoms with Crippen LogP contribution in [0.15, 0.2) is 81.0 Å². The summed E-state index contributed by atoms with van der Waals surface area (Å²) in [7, 11) is 1.62. The standard InChI is InChI=1S/C23H17BrO3S/c1-26-20-12-16(13-22-23(25)18-4-2-3-5-21(18)28-22)8-11-19(20)27-14-15-6-9-17(24)10-7-15/h2-13H,14H2,1H3/b22-13+. The van der Waals surface area contributed by atoms with Gasteiger partial charge in [-0.15, -0.1) is 0 Å². The normalized spacial score (nSPS) is 14.2. The van der Waals surface area contributed by atoms with Gasteiger partial charge in [-0.2, -0.15) is 0 Å². The van der Waals surface area contributed by atoms with Crippen LogP contribution in [0.2, 0.25) is 0 Å². The Balaban J connectivity index is 1.52. The fraction of sp³-hybridized carbons (Fsp3) is 0.0870. The van der Waals surface area contributed by atoms with Crippen LogP contribution < -0.4 is 9.47 Å². The average molecular weight is 453 g/mol. The summed E-state index contributed by atoms with van der Waals surface area (Å²) in [6.45, 7) is 0.452. The summed E-state index contributed by atoms with van der Waals surface area (Å²) in [6, 6.07) is 21.4. The van der Waals surface area contributed by atoms with Gasteiger partial charge in [0.1, 0.15) is 6.61 Å². The Morgan fingerprint density at radius 3 is 2.54 bits per heavy atom. The zero-order valence-electron chi connectivity index (χ0n) is 15.1. The van der Waals surface area contributed by atoms with Gasteiger partial charge in [-0.25, -0.2) is 0 Å². The number of carbonyl (C=O) groups is 1. The number of hydrogen-bond donors (Lipinski definition) is 0. The highest BCUT2D eigenvalue weighted by molar-refractivity contribution is 9.10. The summed E-state index contributed by atoms with van der Waals surface area (Å²) in [4.78, 5) is 14.3. The molecule has 1 aliphatic rings. The second-order valence-corrected chi connectivity index (χ2v) is 8.26. The summed E-state index contributed by atoms with van der Waals surface area (Å²) < 4.78 is 12.4. The molecule has 4 rings (SSSR count). The van der Waals surface area contributed by atoms with Crippen LogP contribution in [0.3, 0.4) is 0 Å². The van der Waals surface area contributed by atoms with E-state index in [1.165, 1.54) is 11.8 Å². The lowest BCUT2D eigenvalue weighted by atomic mass is 10.1. The van der Waals surface area contributed by atoms with Crippen LogP contribution in [0, 0.1) is 0 Å². The smallest absolute Gasteiger partial charge is 0.200 e. The number of ether oxygens (including phenoxy) is 2. The summed E-state index contributed by atoms with van der Waals surface area (Å²) in [5.41, 5.74) is 2.74. The predicted octanol–water partition coefficient (Wildman–Crippen LogP) is 6.37. The minimum absolute atomic E-state index is 0.0649. The first-order chi connectivity index (χ1) is 13.6.